The van der Waals surface area contributed by atoms with E-state index in [0.29, 0.717) is 6.61 Å². The van der Waals surface area contributed by atoms with Crippen LogP contribution in [0.1, 0.15) is 19.8 Å². The molecule has 0 heterocycles. The third-order valence-electron chi connectivity index (χ3n) is 1.62. The number of rotatable bonds is 9. The van der Waals surface area contributed by atoms with E-state index < -0.39 is 11.9 Å². The van der Waals surface area contributed by atoms with E-state index >= 15 is 0 Å². The highest BCUT2D eigenvalue weighted by Gasteiger charge is 2.02. The average molecular weight is 230 g/mol. The lowest BCUT2D eigenvalue weighted by molar-refractivity contribution is -0.150. The summed E-state index contributed by atoms with van der Waals surface area (Å²) < 4.78 is 14.4. The number of hydrogen-bond donors (Lipinski definition) is 0. The number of esters is 2. The first-order chi connectivity index (χ1) is 7.70. The Balaban J connectivity index is 3.27. The lowest BCUT2D eigenvalue weighted by atomic mass is 10.4. The molecule has 0 aromatic carbocycles. The number of carbonyl (C=O) groups excluding carboxylic acids is 2. The Morgan fingerprint density at radius 2 is 1.94 bits per heavy atom. The van der Waals surface area contributed by atoms with Crippen LogP contribution in [0.4, 0.5) is 0 Å². The molecule has 0 aromatic rings. The highest BCUT2D eigenvalue weighted by atomic mass is 16.6. The monoisotopic (exact) mass is 230 g/mol. The van der Waals surface area contributed by atoms with Gasteiger partial charge in [-0.15, -0.1) is 0 Å². The van der Waals surface area contributed by atoms with Crippen molar-refractivity contribution < 1.29 is 23.8 Å². The summed E-state index contributed by atoms with van der Waals surface area (Å²) in [6, 6.07) is 0. The molecule has 0 aliphatic heterocycles. The van der Waals surface area contributed by atoms with Crippen LogP contribution in [0.15, 0.2) is 12.7 Å². The zero-order valence-corrected chi connectivity index (χ0v) is 9.57. The van der Waals surface area contributed by atoms with Gasteiger partial charge in [-0.3, -0.25) is 0 Å². The van der Waals surface area contributed by atoms with E-state index in [2.05, 4.69) is 11.3 Å². The fourth-order valence-electron chi connectivity index (χ4n) is 0.788. The summed E-state index contributed by atoms with van der Waals surface area (Å²) in [6.45, 7) is 5.83. The Morgan fingerprint density at radius 3 is 2.56 bits per heavy atom. The molecule has 0 atom stereocenters. The van der Waals surface area contributed by atoms with Crippen molar-refractivity contribution in [2.24, 2.45) is 0 Å². The van der Waals surface area contributed by atoms with Crippen LogP contribution in [0, 0.1) is 0 Å². The highest BCUT2D eigenvalue weighted by Crippen LogP contribution is 1.89. The van der Waals surface area contributed by atoms with Gasteiger partial charge in [0.15, 0.2) is 0 Å². The van der Waals surface area contributed by atoms with E-state index in [1.54, 1.807) is 0 Å². The molecule has 0 saturated carbocycles. The van der Waals surface area contributed by atoms with Crippen molar-refractivity contribution in [1.29, 1.82) is 0 Å². The van der Waals surface area contributed by atoms with Crippen LogP contribution in [0.25, 0.3) is 0 Å². The van der Waals surface area contributed by atoms with Gasteiger partial charge in [-0.2, -0.15) is 0 Å². The van der Waals surface area contributed by atoms with Crippen LogP contribution in [-0.4, -0.2) is 38.4 Å². The van der Waals surface area contributed by atoms with Crippen LogP contribution in [-0.2, 0) is 23.8 Å². The molecule has 0 rings (SSSR count). The quantitative estimate of drug-likeness (QED) is 0.337. The summed E-state index contributed by atoms with van der Waals surface area (Å²) in [4.78, 5) is 21.6. The molecule has 5 heteroatoms. The first-order valence-corrected chi connectivity index (χ1v) is 5.23. The van der Waals surface area contributed by atoms with Crippen molar-refractivity contribution in [2.45, 2.75) is 19.8 Å². The van der Waals surface area contributed by atoms with Gasteiger partial charge in [0.1, 0.15) is 13.2 Å². The molecule has 0 aliphatic rings. The maximum Gasteiger partial charge on any atom is 0.332 e. The largest absolute Gasteiger partial charge is 0.464 e. The number of hydrogen-bond acceptors (Lipinski definition) is 5. The van der Waals surface area contributed by atoms with Crippen LogP contribution < -0.4 is 0 Å². The van der Waals surface area contributed by atoms with Crippen molar-refractivity contribution >= 4 is 11.9 Å². The summed E-state index contributed by atoms with van der Waals surface area (Å²) >= 11 is 0. The Bertz CT molecular complexity index is 224. The van der Waals surface area contributed by atoms with Gasteiger partial charge < -0.3 is 14.2 Å². The third kappa shape index (κ3) is 9.21. The summed E-state index contributed by atoms with van der Waals surface area (Å²) in [5.74, 6) is -0.905. The fourth-order valence-corrected chi connectivity index (χ4v) is 0.788. The molecule has 92 valence electrons. The Morgan fingerprint density at radius 1 is 1.19 bits per heavy atom. The molecular weight excluding hydrogens is 212 g/mol. The smallest absolute Gasteiger partial charge is 0.332 e. The molecule has 0 radical (unpaired) electrons. The standard InChI is InChI=1S/C11H18O5/c1-3-5-6-15-11(13)9-14-7-8-16-10(12)4-2/h4H,2-3,5-9H2,1H3. The van der Waals surface area contributed by atoms with Gasteiger partial charge in [-0.05, 0) is 6.42 Å². The molecule has 0 bridgehead atoms. The zero-order chi connectivity index (χ0) is 12.2. The van der Waals surface area contributed by atoms with E-state index in [-0.39, 0.29) is 19.8 Å². The molecule has 0 N–H and O–H groups in total. The molecule has 0 spiro atoms. The second kappa shape index (κ2) is 10.2. The third-order valence-corrected chi connectivity index (χ3v) is 1.62. The molecule has 0 unspecified atom stereocenters. The maximum absolute atomic E-state index is 11.0. The van der Waals surface area contributed by atoms with Crippen molar-refractivity contribution in [3.05, 3.63) is 12.7 Å². The second-order valence-corrected chi connectivity index (χ2v) is 3.00. The first-order valence-electron chi connectivity index (χ1n) is 5.23. The van der Waals surface area contributed by atoms with Crippen LogP contribution >= 0.6 is 0 Å². The van der Waals surface area contributed by atoms with E-state index in [9.17, 15) is 9.59 Å². The van der Waals surface area contributed by atoms with Crippen LogP contribution in [0.3, 0.4) is 0 Å². The van der Waals surface area contributed by atoms with E-state index in [4.69, 9.17) is 9.47 Å². The number of unbranched alkanes of at least 4 members (excludes halogenated alkanes) is 1. The van der Waals surface area contributed by atoms with E-state index in [1.807, 2.05) is 6.92 Å². The molecule has 0 fully saturated rings. The summed E-state index contributed by atoms with van der Waals surface area (Å²) in [6.07, 6.45) is 2.90. The first kappa shape index (κ1) is 14.6. The second-order valence-electron chi connectivity index (χ2n) is 3.00. The topological polar surface area (TPSA) is 61.8 Å². The van der Waals surface area contributed by atoms with E-state index in [1.165, 1.54) is 0 Å². The van der Waals surface area contributed by atoms with Gasteiger partial charge in [-0.25, -0.2) is 9.59 Å². The van der Waals surface area contributed by atoms with Gasteiger partial charge in [0.25, 0.3) is 0 Å². The van der Waals surface area contributed by atoms with E-state index in [0.717, 1.165) is 18.9 Å². The van der Waals surface area contributed by atoms with Gasteiger partial charge >= 0.3 is 11.9 Å². The summed E-state index contributed by atoms with van der Waals surface area (Å²) in [7, 11) is 0. The summed E-state index contributed by atoms with van der Waals surface area (Å²) in [5, 5.41) is 0. The molecular formula is C11H18O5. The van der Waals surface area contributed by atoms with Gasteiger partial charge in [0, 0.05) is 6.08 Å². The average Bonchev–Trinajstić information content (AvgIpc) is 2.28. The molecule has 0 amide bonds. The molecule has 16 heavy (non-hydrogen) atoms. The maximum atomic E-state index is 11.0. The van der Waals surface area contributed by atoms with Gasteiger partial charge in [-0.1, -0.05) is 19.9 Å². The van der Waals surface area contributed by atoms with Crippen molar-refractivity contribution in [1.82, 2.24) is 0 Å². The Kier molecular flexibility index (Phi) is 9.30. The number of carbonyl (C=O) groups is 2. The van der Waals surface area contributed by atoms with Gasteiger partial charge in [0.2, 0.25) is 0 Å². The number of ether oxygens (including phenoxy) is 3. The van der Waals surface area contributed by atoms with Crippen molar-refractivity contribution in [3.63, 3.8) is 0 Å². The summed E-state index contributed by atoms with van der Waals surface area (Å²) in [5.41, 5.74) is 0. The normalized spacial score (nSPS) is 9.56. The van der Waals surface area contributed by atoms with Gasteiger partial charge in [0.05, 0.1) is 13.2 Å². The Labute approximate surface area is 95.4 Å². The minimum Gasteiger partial charge on any atom is -0.464 e. The molecule has 5 nitrogen and oxygen atoms in total. The minimum absolute atomic E-state index is 0.104. The predicted octanol–water partition coefficient (Wildman–Crippen LogP) is 1.08. The molecule has 0 aliphatic carbocycles. The highest BCUT2D eigenvalue weighted by molar-refractivity contribution is 5.81. The van der Waals surface area contributed by atoms with Crippen molar-refractivity contribution in [3.8, 4) is 0 Å². The van der Waals surface area contributed by atoms with Crippen LogP contribution in [0.5, 0.6) is 0 Å². The zero-order valence-electron chi connectivity index (χ0n) is 9.57. The Hall–Kier alpha value is -1.36. The van der Waals surface area contributed by atoms with Crippen LogP contribution in [0.2, 0.25) is 0 Å². The molecule has 0 saturated heterocycles. The minimum atomic E-state index is -0.505. The lowest BCUT2D eigenvalue weighted by Crippen LogP contribution is -2.16. The SMILES string of the molecule is C=CC(=O)OCCOCC(=O)OCCCC. The predicted molar refractivity (Wildman–Crippen MR) is 57.8 cm³/mol. The fraction of sp³-hybridized carbons (Fsp3) is 0.636. The lowest BCUT2D eigenvalue weighted by Gasteiger charge is -2.05. The van der Waals surface area contributed by atoms with Crippen molar-refractivity contribution in [2.75, 3.05) is 26.4 Å². The molecule has 0 aromatic heterocycles.